The van der Waals surface area contributed by atoms with Crippen LogP contribution in [0.2, 0.25) is 0 Å². The molecule has 2 rings (SSSR count). The molecule has 0 amide bonds. The summed E-state index contributed by atoms with van der Waals surface area (Å²) in [6.45, 7) is 10.6. The van der Waals surface area contributed by atoms with Gasteiger partial charge in [0.2, 0.25) is 0 Å². The van der Waals surface area contributed by atoms with E-state index in [9.17, 15) is 0 Å². The predicted molar refractivity (Wildman–Crippen MR) is 86.6 cm³/mol. The summed E-state index contributed by atoms with van der Waals surface area (Å²) in [5.74, 6) is 1.54. The quantitative estimate of drug-likeness (QED) is 0.904. The number of piperidine rings is 1. The number of hydrogen-bond donors (Lipinski definition) is 1. The highest BCUT2D eigenvalue weighted by Gasteiger charge is 2.35. The third kappa shape index (κ3) is 3.24. The molecule has 1 saturated heterocycles. The molecule has 0 bridgehead atoms. The topological polar surface area (TPSA) is 29.3 Å². The van der Waals surface area contributed by atoms with Gasteiger partial charge in [0.05, 0.1) is 0 Å². The van der Waals surface area contributed by atoms with E-state index in [2.05, 4.69) is 62.9 Å². The molecule has 0 aliphatic carbocycles. The fourth-order valence-electron chi connectivity index (χ4n) is 3.79. The molecule has 2 N–H and O–H groups in total. The molecular weight excluding hydrogens is 244 g/mol. The van der Waals surface area contributed by atoms with Gasteiger partial charge < -0.3 is 5.73 Å². The highest BCUT2D eigenvalue weighted by Crippen LogP contribution is 2.32. The summed E-state index contributed by atoms with van der Waals surface area (Å²) in [6.07, 6.45) is 2.45. The Morgan fingerprint density at radius 2 is 1.85 bits per heavy atom. The van der Waals surface area contributed by atoms with E-state index in [4.69, 9.17) is 5.73 Å². The van der Waals surface area contributed by atoms with Crippen molar-refractivity contribution in [1.82, 2.24) is 4.90 Å². The summed E-state index contributed by atoms with van der Waals surface area (Å²) in [6, 6.07) is 11.7. The summed E-state index contributed by atoms with van der Waals surface area (Å²) < 4.78 is 0. The van der Waals surface area contributed by atoms with Crippen LogP contribution in [0.4, 0.5) is 0 Å². The number of benzene rings is 1. The van der Waals surface area contributed by atoms with Gasteiger partial charge in [0.25, 0.3) is 0 Å². The molecule has 0 saturated carbocycles. The van der Waals surface area contributed by atoms with Crippen LogP contribution in [-0.2, 0) is 0 Å². The van der Waals surface area contributed by atoms with Crippen molar-refractivity contribution in [3.05, 3.63) is 35.9 Å². The number of rotatable bonds is 4. The largest absolute Gasteiger partial charge is 0.323 e. The van der Waals surface area contributed by atoms with Gasteiger partial charge in [-0.05, 0) is 37.2 Å². The predicted octanol–water partition coefficient (Wildman–Crippen LogP) is 3.83. The molecule has 0 spiro atoms. The lowest BCUT2D eigenvalue weighted by atomic mass is 9.83. The minimum atomic E-state index is 0.112. The van der Waals surface area contributed by atoms with E-state index in [1.165, 1.54) is 18.5 Å². The number of nitrogens with zero attached hydrogens (tertiary/aromatic N) is 1. The summed E-state index contributed by atoms with van der Waals surface area (Å²) in [5.41, 5.74) is 7.85. The Labute approximate surface area is 124 Å². The number of hydrogen-bond acceptors (Lipinski definition) is 2. The van der Waals surface area contributed by atoms with Crippen LogP contribution in [0.15, 0.2) is 30.3 Å². The van der Waals surface area contributed by atoms with Gasteiger partial charge >= 0.3 is 0 Å². The van der Waals surface area contributed by atoms with Crippen LogP contribution in [0, 0.1) is 11.8 Å². The van der Waals surface area contributed by atoms with Crippen LogP contribution in [0.5, 0.6) is 0 Å². The van der Waals surface area contributed by atoms with Crippen molar-refractivity contribution in [2.75, 3.05) is 6.54 Å². The molecule has 1 aromatic carbocycles. The van der Waals surface area contributed by atoms with Gasteiger partial charge in [-0.15, -0.1) is 0 Å². The van der Waals surface area contributed by atoms with Gasteiger partial charge in [-0.25, -0.2) is 0 Å². The first kappa shape index (κ1) is 15.5. The van der Waals surface area contributed by atoms with E-state index < -0.39 is 0 Å². The van der Waals surface area contributed by atoms with Crippen LogP contribution in [0.25, 0.3) is 0 Å². The van der Waals surface area contributed by atoms with Gasteiger partial charge in [0.1, 0.15) is 0 Å². The number of nitrogens with two attached hydrogens (primary N) is 1. The second kappa shape index (κ2) is 6.73. The van der Waals surface area contributed by atoms with Crippen molar-refractivity contribution < 1.29 is 0 Å². The van der Waals surface area contributed by atoms with Crippen LogP contribution < -0.4 is 5.73 Å². The summed E-state index contributed by atoms with van der Waals surface area (Å²) in [4.78, 5) is 2.66. The molecule has 2 nitrogen and oxygen atoms in total. The maximum absolute atomic E-state index is 6.59. The Kier molecular flexibility index (Phi) is 5.22. The molecule has 1 aromatic rings. The number of likely N-dealkylation sites (tertiary alicyclic amines) is 1. The molecule has 5 unspecified atom stereocenters. The normalized spacial score (nSPS) is 30.9. The second-order valence-corrected chi connectivity index (χ2v) is 6.67. The third-order valence-corrected chi connectivity index (χ3v) is 5.09. The molecule has 1 aliphatic rings. The summed E-state index contributed by atoms with van der Waals surface area (Å²) in [5, 5.41) is 0. The SMILES string of the molecule is CCC(C(N)c1ccccc1)N1CC(C)CC(C)C1C. The van der Waals surface area contributed by atoms with Gasteiger partial charge in [0, 0.05) is 24.7 Å². The van der Waals surface area contributed by atoms with E-state index in [0.29, 0.717) is 12.1 Å². The Balaban J connectivity index is 2.18. The van der Waals surface area contributed by atoms with Crippen molar-refractivity contribution in [1.29, 1.82) is 0 Å². The van der Waals surface area contributed by atoms with Gasteiger partial charge in [-0.1, -0.05) is 51.1 Å². The van der Waals surface area contributed by atoms with Crippen LogP contribution in [0.3, 0.4) is 0 Å². The standard InChI is InChI=1S/C18H30N2/c1-5-17(18(19)16-9-7-6-8-10-16)20-12-13(2)11-14(3)15(20)4/h6-10,13-15,17-18H,5,11-12,19H2,1-4H3. The molecule has 1 heterocycles. The van der Waals surface area contributed by atoms with E-state index in [-0.39, 0.29) is 6.04 Å². The second-order valence-electron chi connectivity index (χ2n) is 6.67. The Hall–Kier alpha value is -0.860. The minimum absolute atomic E-state index is 0.112. The van der Waals surface area contributed by atoms with Crippen LogP contribution in [-0.4, -0.2) is 23.5 Å². The Morgan fingerprint density at radius 1 is 1.20 bits per heavy atom. The lowest BCUT2D eigenvalue weighted by Gasteiger charge is -2.47. The zero-order chi connectivity index (χ0) is 14.7. The van der Waals surface area contributed by atoms with E-state index >= 15 is 0 Å². The van der Waals surface area contributed by atoms with Crippen molar-refractivity contribution >= 4 is 0 Å². The maximum Gasteiger partial charge on any atom is 0.0453 e. The first-order valence-electron chi connectivity index (χ1n) is 8.10. The summed E-state index contributed by atoms with van der Waals surface area (Å²) in [7, 11) is 0. The highest BCUT2D eigenvalue weighted by molar-refractivity contribution is 5.20. The van der Waals surface area contributed by atoms with Gasteiger partial charge in [-0.3, -0.25) is 4.90 Å². The fraction of sp³-hybridized carbons (Fsp3) is 0.667. The maximum atomic E-state index is 6.59. The zero-order valence-electron chi connectivity index (χ0n) is 13.4. The minimum Gasteiger partial charge on any atom is -0.323 e. The molecule has 0 aromatic heterocycles. The van der Waals surface area contributed by atoms with Crippen LogP contribution >= 0.6 is 0 Å². The summed E-state index contributed by atoms with van der Waals surface area (Å²) >= 11 is 0. The Bertz CT molecular complexity index is 403. The monoisotopic (exact) mass is 274 g/mol. The van der Waals surface area contributed by atoms with Gasteiger partial charge in [0.15, 0.2) is 0 Å². The average Bonchev–Trinajstić information content (AvgIpc) is 2.45. The lowest BCUT2D eigenvalue weighted by Crippen LogP contribution is -2.53. The molecule has 0 radical (unpaired) electrons. The van der Waals surface area contributed by atoms with Crippen molar-refractivity contribution in [3.63, 3.8) is 0 Å². The molecule has 1 fully saturated rings. The molecule has 112 valence electrons. The van der Waals surface area contributed by atoms with E-state index in [1.54, 1.807) is 0 Å². The molecule has 1 aliphatic heterocycles. The van der Waals surface area contributed by atoms with Gasteiger partial charge in [-0.2, -0.15) is 0 Å². The van der Waals surface area contributed by atoms with Crippen LogP contribution in [0.1, 0.15) is 52.1 Å². The lowest BCUT2D eigenvalue weighted by molar-refractivity contribution is 0.0283. The van der Waals surface area contributed by atoms with Crippen molar-refractivity contribution in [2.45, 2.75) is 58.7 Å². The highest BCUT2D eigenvalue weighted by atomic mass is 15.2. The smallest absolute Gasteiger partial charge is 0.0453 e. The molecule has 5 atom stereocenters. The van der Waals surface area contributed by atoms with Crippen molar-refractivity contribution in [2.24, 2.45) is 17.6 Å². The molecular formula is C18H30N2. The first-order chi connectivity index (χ1) is 9.54. The zero-order valence-corrected chi connectivity index (χ0v) is 13.4. The molecule has 20 heavy (non-hydrogen) atoms. The van der Waals surface area contributed by atoms with E-state index in [0.717, 1.165) is 18.3 Å². The first-order valence-corrected chi connectivity index (χ1v) is 8.10. The van der Waals surface area contributed by atoms with E-state index in [1.807, 2.05) is 0 Å². The fourth-order valence-corrected chi connectivity index (χ4v) is 3.79. The average molecular weight is 274 g/mol. The third-order valence-electron chi connectivity index (χ3n) is 5.09. The molecule has 2 heteroatoms. The van der Waals surface area contributed by atoms with Crippen molar-refractivity contribution in [3.8, 4) is 0 Å². The Morgan fingerprint density at radius 3 is 2.45 bits per heavy atom.